The lowest BCUT2D eigenvalue weighted by Gasteiger charge is -2.17. The SMILES string of the molecule is COc1cc2c(cc1-c1c(C)noc1C)cc(-c1nccn1-c1ccccc1)c(=O)n2Cc1ccccn1.COc1cc2c(cc1-c1c(C)noc1C)cc(C1=NC=CC1)c(=O)n2Cc1ccccn1.Ic1ccccc1. The van der Waals surface area contributed by atoms with Gasteiger partial charge >= 0.3 is 0 Å². The zero-order valence-corrected chi connectivity index (χ0v) is 45.3. The number of allylic oxidation sites excluding steroid dienone is 1. The van der Waals surface area contributed by atoms with Gasteiger partial charge in [-0.1, -0.05) is 64.9 Å². The Kier molecular flexibility index (Phi) is 15.3. The molecule has 1 aliphatic heterocycles. The van der Waals surface area contributed by atoms with Crippen molar-refractivity contribution in [2.45, 2.75) is 47.2 Å². The minimum atomic E-state index is -0.168. The first kappa shape index (κ1) is 51.5. The zero-order valence-electron chi connectivity index (χ0n) is 43.1. The number of rotatable bonds is 11. The first-order valence-electron chi connectivity index (χ1n) is 24.7. The molecule has 4 aromatic carbocycles. The lowest BCUT2D eigenvalue weighted by atomic mass is 9.98. The van der Waals surface area contributed by atoms with Gasteiger partial charge in [0, 0.05) is 80.7 Å². The molecule has 77 heavy (non-hydrogen) atoms. The summed E-state index contributed by atoms with van der Waals surface area (Å²) in [5, 5.41) is 9.99. The number of halogens is 1. The minimum absolute atomic E-state index is 0.0993. The lowest BCUT2D eigenvalue weighted by molar-refractivity contribution is 0.393. The van der Waals surface area contributed by atoms with Crippen LogP contribution in [0.15, 0.2) is 194 Å². The second-order valence-corrected chi connectivity index (χ2v) is 19.3. The molecule has 12 rings (SSSR count). The van der Waals surface area contributed by atoms with Crippen molar-refractivity contribution < 1.29 is 18.5 Å². The Morgan fingerprint density at radius 1 is 0.571 bits per heavy atom. The van der Waals surface area contributed by atoms with E-state index in [1.165, 1.54) is 3.57 Å². The number of nitrogens with zero attached hydrogens (tertiary/aromatic N) is 9. The van der Waals surface area contributed by atoms with Crippen LogP contribution in [-0.4, -0.2) is 58.9 Å². The highest BCUT2D eigenvalue weighted by atomic mass is 127. The highest BCUT2D eigenvalue weighted by molar-refractivity contribution is 14.1. The second kappa shape index (κ2) is 22.8. The molecular weight excluding hydrogens is 1080 g/mol. The van der Waals surface area contributed by atoms with Crippen molar-refractivity contribution in [1.82, 2.24) is 39.0 Å². The number of aliphatic imine (C=N–C) groups is 1. The fraction of sp³-hybridized carbons (Fsp3) is 0.148. The molecule has 0 saturated carbocycles. The summed E-state index contributed by atoms with van der Waals surface area (Å²) in [6.07, 6.45) is 11.4. The number of hydrogen-bond donors (Lipinski definition) is 0. The molecule has 0 amide bonds. The molecule has 7 aromatic heterocycles. The number of imidazole rings is 1. The van der Waals surface area contributed by atoms with Gasteiger partial charge in [-0.3, -0.25) is 29.1 Å². The Labute approximate surface area is 457 Å². The van der Waals surface area contributed by atoms with Crippen LogP contribution in [0.2, 0.25) is 0 Å². The highest BCUT2D eigenvalue weighted by Crippen LogP contribution is 2.40. The molecular formula is C61H52IN9O6. The quantitative estimate of drug-likeness (QED) is 0.113. The smallest absolute Gasteiger partial charge is 0.262 e. The second-order valence-electron chi connectivity index (χ2n) is 18.1. The van der Waals surface area contributed by atoms with E-state index in [9.17, 15) is 9.59 Å². The van der Waals surface area contributed by atoms with Crippen molar-refractivity contribution >= 4 is 50.1 Å². The number of pyridine rings is 4. The molecule has 11 aromatic rings. The molecule has 15 nitrogen and oxygen atoms in total. The number of aryl methyl sites for hydroxylation is 4. The van der Waals surface area contributed by atoms with Crippen LogP contribution in [-0.2, 0) is 13.1 Å². The lowest BCUT2D eigenvalue weighted by Crippen LogP contribution is -2.27. The molecule has 0 bridgehead atoms. The largest absolute Gasteiger partial charge is 0.496 e. The van der Waals surface area contributed by atoms with E-state index in [4.69, 9.17) is 18.5 Å². The van der Waals surface area contributed by atoms with Gasteiger partial charge in [0.15, 0.2) is 0 Å². The molecule has 0 aliphatic carbocycles. The van der Waals surface area contributed by atoms with E-state index in [-0.39, 0.29) is 11.1 Å². The third-order valence-electron chi connectivity index (χ3n) is 13.1. The van der Waals surface area contributed by atoms with Gasteiger partial charge in [0.25, 0.3) is 11.1 Å². The third kappa shape index (κ3) is 10.8. The summed E-state index contributed by atoms with van der Waals surface area (Å²) in [4.78, 5) is 45.6. The topological polar surface area (TPSA) is 170 Å². The van der Waals surface area contributed by atoms with Gasteiger partial charge in [-0.2, -0.15) is 0 Å². The van der Waals surface area contributed by atoms with Gasteiger partial charge in [0.1, 0.15) is 28.8 Å². The normalized spacial score (nSPS) is 11.8. The standard InChI is InChI=1S/C30H25N5O3.C25H22N4O3.C6H5I/c1-19-28(20(2)38-33-19)24-15-21-16-25(29-32-13-14-34(29)23-10-5-4-6-11-23)30(36)35(26(21)17-27(24)37-3)18-22-9-7-8-12-31-22;1-15-24(16(2)32-28-15)20-12-17-11-19(21-8-6-10-27-21)25(30)29(22(17)13-23(20)31-3)14-18-7-4-5-9-26-18;7-6-4-2-1-3-5-6/h4-17H,18H2,1-3H3;4-7,9-13H,8,14H2,1-3H3;1-5H. The number of hydrogen-bond acceptors (Lipinski definition) is 12. The summed E-state index contributed by atoms with van der Waals surface area (Å²) in [6, 6.07) is 43.1. The summed E-state index contributed by atoms with van der Waals surface area (Å²) in [5.41, 5.74) is 10.6. The average Bonchev–Trinajstić information content (AvgIpc) is 4.31. The molecule has 384 valence electrons. The van der Waals surface area contributed by atoms with Crippen molar-refractivity contribution in [2.75, 3.05) is 14.2 Å². The third-order valence-corrected chi connectivity index (χ3v) is 13.9. The van der Waals surface area contributed by atoms with Crippen LogP contribution in [0.1, 0.15) is 46.3 Å². The number of methoxy groups -OCH3 is 2. The molecule has 0 unspecified atom stereocenters. The highest BCUT2D eigenvalue weighted by Gasteiger charge is 2.24. The first-order valence-corrected chi connectivity index (χ1v) is 25.8. The Morgan fingerprint density at radius 2 is 1.06 bits per heavy atom. The molecule has 8 heterocycles. The maximum absolute atomic E-state index is 14.1. The van der Waals surface area contributed by atoms with Crippen LogP contribution in [0.25, 0.3) is 61.1 Å². The molecule has 16 heteroatoms. The fourth-order valence-electron chi connectivity index (χ4n) is 9.52. The van der Waals surface area contributed by atoms with Crippen LogP contribution >= 0.6 is 22.6 Å². The zero-order chi connectivity index (χ0) is 53.6. The fourth-order valence-corrected chi connectivity index (χ4v) is 9.93. The summed E-state index contributed by atoms with van der Waals surface area (Å²) in [5.74, 6) is 3.24. The van der Waals surface area contributed by atoms with Gasteiger partial charge in [0.05, 0.1) is 89.1 Å². The van der Waals surface area contributed by atoms with Crippen LogP contribution in [0, 0.1) is 31.3 Å². The van der Waals surface area contributed by atoms with E-state index in [1.807, 2.05) is 166 Å². The van der Waals surface area contributed by atoms with E-state index in [0.29, 0.717) is 59.5 Å². The first-order chi connectivity index (χ1) is 37.5. The van der Waals surface area contributed by atoms with E-state index in [2.05, 4.69) is 65.0 Å². The molecule has 0 fully saturated rings. The van der Waals surface area contributed by atoms with E-state index < -0.39 is 0 Å². The summed E-state index contributed by atoms with van der Waals surface area (Å²) in [6.45, 7) is 8.21. The number of benzene rings is 4. The van der Waals surface area contributed by atoms with Gasteiger partial charge in [-0.25, -0.2) is 4.98 Å². The maximum atomic E-state index is 14.1. The maximum Gasteiger partial charge on any atom is 0.262 e. The molecule has 1 aliphatic rings. The van der Waals surface area contributed by atoms with Gasteiger partial charge in [-0.15, -0.1) is 0 Å². The Bertz CT molecular complexity index is 4050. The van der Waals surface area contributed by atoms with Crippen LogP contribution < -0.4 is 20.6 Å². The Morgan fingerprint density at radius 3 is 1.51 bits per heavy atom. The molecule has 0 spiro atoms. The predicted molar refractivity (Wildman–Crippen MR) is 308 cm³/mol. The predicted octanol–water partition coefficient (Wildman–Crippen LogP) is 12.3. The van der Waals surface area contributed by atoms with Crippen molar-refractivity contribution in [3.05, 3.63) is 235 Å². The van der Waals surface area contributed by atoms with Crippen LogP contribution in [0.4, 0.5) is 0 Å². The summed E-state index contributed by atoms with van der Waals surface area (Å²) < 4.78 is 29.1. The number of para-hydroxylation sites is 1. The van der Waals surface area contributed by atoms with Crippen LogP contribution in [0.5, 0.6) is 11.5 Å². The van der Waals surface area contributed by atoms with E-state index in [1.54, 1.807) is 48.1 Å². The van der Waals surface area contributed by atoms with Gasteiger partial charge in [-0.05, 0) is 123 Å². The van der Waals surface area contributed by atoms with Gasteiger partial charge in [0.2, 0.25) is 0 Å². The van der Waals surface area contributed by atoms with Crippen molar-refractivity contribution in [3.63, 3.8) is 0 Å². The molecule has 0 radical (unpaired) electrons. The number of ether oxygens (including phenoxy) is 2. The van der Waals surface area contributed by atoms with Crippen molar-refractivity contribution in [2.24, 2.45) is 4.99 Å². The van der Waals surface area contributed by atoms with E-state index in [0.717, 1.165) is 78.2 Å². The molecule has 0 atom stereocenters. The molecule has 0 saturated heterocycles. The molecule has 0 N–H and O–H groups in total. The summed E-state index contributed by atoms with van der Waals surface area (Å²) in [7, 11) is 3.24. The van der Waals surface area contributed by atoms with Crippen molar-refractivity contribution in [1.29, 1.82) is 0 Å². The number of fused-ring (bicyclic) bond motifs is 2. The van der Waals surface area contributed by atoms with Crippen molar-refractivity contribution in [3.8, 4) is 50.8 Å². The Hall–Kier alpha value is -9.03. The Balaban J connectivity index is 0.000000157. The van der Waals surface area contributed by atoms with Crippen LogP contribution in [0.3, 0.4) is 0 Å². The summed E-state index contributed by atoms with van der Waals surface area (Å²) >= 11 is 2.28. The number of aromatic nitrogens is 8. The average molecular weight is 1130 g/mol. The minimum Gasteiger partial charge on any atom is -0.496 e. The monoisotopic (exact) mass is 1130 g/mol. The van der Waals surface area contributed by atoms with E-state index >= 15 is 0 Å². The van der Waals surface area contributed by atoms with Gasteiger partial charge < -0.3 is 27.7 Å².